The molecule has 1 aromatic rings. The normalized spacial score (nSPS) is 18.1. The second kappa shape index (κ2) is 4.96. The molecule has 0 spiro atoms. The standard InChI is InChI=1S/C13H10I/c14-13-9-7-12(8-10-13)6-5-11-3-1-2-4-11/h1-10H/b6-5+. The molecule has 2 rings (SSSR count). The van der Waals surface area contributed by atoms with Gasteiger partial charge < -0.3 is 0 Å². The van der Waals surface area contributed by atoms with Crippen LogP contribution in [0.5, 0.6) is 0 Å². The molecule has 0 nitrogen and oxygen atoms in total. The SMILES string of the molecule is Ic1ccc(/C=C/[C]2[CH][CH][CH][CH]2)cc1. The van der Waals surface area contributed by atoms with Gasteiger partial charge in [0, 0.05) is 9.49 Å². The summed E-state index contributed by atoms with van der Waals surface area (Å²) >= 11 is 2.31. The fraction of sp³-hybridized carbons (Fsp3) is 0. The van der Waals surface area contributed by atoms with Crippen LogP contribution in [0.2, 0.25) is 0 Å². The maximum atomic E-state index is 2.31. The van der Waals surface area contributed by atoms with Crippen molar-refractivity contribution in [2.45, 2.75) is 0 Å². The van der Waals surface area contributed by atoms with Crippen LogP contribution < -0.4 is 0 Å². The fourth-order valence-corrected chi connectivity index (χ4v) is 1.63. The quantitative estimate of drug-likeness (QED) is 0.729. The number of halogens is 1. The summed E-state index contributed by atoms with van der Waals surface area (Å²) in [6.07, 6.45) is 12.6. The zero-order valence-corrected chi connectivity index (χ0v) is 9.81. The summed E-state index contributed by atoms with van der Waals surface area (Å²) in [6, 6.07) is 8.48. The molecule has 0 bridgehead atoms. The molecular weight excluding hydrogens is 283 g/mol. The van der Waals surface area contributed by atoms with Crippen LogP contribution in [-0.2, 0) is 0 Å². The number of hydrogen-bond acceptors (Lipinski definition) is 0. The van der Waals surface area contributed by atoms with Crippen LogP contribution in [0.15, 0.2) is 30.3 Å². The molecule has 1 aromatic carbocycles. The number of hydrogen-bond donors (Lipinski definition) is 0. The molecule has 1 fully saturated rings. The molecule has 5 radical (unpaired) electrons. The van der Waals surface area contributed by atoms with Crippen molar-refractivity contribution in [3.63, 3.8) is 0 Å². The van der Waals surface area contributed by atoms with Gasteiger partial charge in [-0.05, 0) is 66.0 Å². The summed E-state index contributed by atoms with van der Waals surface area (Å²) in [6.45, 7) is 0. The van der Waals surface area contributed by atoms with Crippen molar-refractivity contribution in [2.75, 3.05) is 0 Å². The Labute approximate surface area is 99.6 Å². The van der Waals surface area contributed by atoms with E-state index >= 15 is 0 Å². The van der Waals surface area contributed by atoms with Gasteiger partial charge in [-0.2, -0.15) is 0 Å². The third kappa shape index (κ3) is 2.84. The minimum Gasteiger partial charge on any atom is -0.0762 e. The van der Waals surface area contributed by atoms with Crippen molar-refractivity contribution in [3.8, 4) is 0 Å². The third-order valence-corrected chi connectivity index (χ3v) is 2.75. The highest BCUT2D eigenvalue weighted by molar-refractivity contribution is 14.1. The van der Waals surface area contributed by atoms with Crippen LogP contribution in [0.3, 0.4) is 0 Å². The molecule has 14 heavy (non-hydrogen) atoms. The van der Waals surface area contributed by atoms with Crippen LogP contribution in [-0.4, -0.2) is 0 Å². The fourth-order valence-electron chi connectivity index (χ4n) is 1.27. The Balaban J connectivity index is 1.99. The van der Waals surface area contributed by atoms with Crippen molar-refractivity contribution in [1.29, 1.82) is 0 Å². The van der Waals surface area contributed by atoms with E-state index < -0.39 is 0 Å². The van der Waals surface area contributed by atoms with Crippen LogP contribution in [0.4, 0.5) is 0 Å². The lowest BCUT2D eigenvalue weighted by Crippen LogP contribution is -1.84. The molecule has 1 saturated carbocycles. The molecule has 1 heteroatoms. The average molecular weight is 293 g/mol. The van der Waals surface area contributed by atoms with Gasteiger partial charge in [0.15, 0.2) is 0 Å². The maximum Gasteiger partial charge on any atom is 0.0130 e. The van der Waals surface area contributed by atoms with Crippen molar-refractivity contribution in [1.82, 2.24) is 0 Å². The molecular formula is C13H10I. The number of rotatable bonds is 2. The van der Waals surface area contributed by atoms with Gasteiger partial charge in [0.05, 0.1) is 0 Å². The maximum absolute atomic E-state index is 2.31. The first-order valence-corrected chi connectivity index (χ1v) is 5.58. The highest BCUT2D eigenvalue weighted by Gasteiger charge is 2.12. The molecule has 69 valence electrons. The van der Waals surface area contributed by atoms with E-state index in [1.54, 1.807) is 0 Å². The van der Waals surface area contributed by atoms with E-state index in [9.17, 15) is 0 Å². The first kappa shape index (κ1) is 10.2. The Bertz CT molecular complexity index is 305. The van der Waals surface area contributed by atoms with Crippen LogP contribution in [0.25, 0.3) is 6.08 Å². The molecule has 0 saturated heterocycles. The Morgan fingerprint density at radius 2 is 1.50 bits per heavy atom. The van der Waals surface area contributed by atoms with E-state index in [2.05, 4.69) is 71.9 Å². The summed E-state index contributed by atoms with van der Waals surface area (Å²) in [5, 5.41) is 0. The first-order valence-electron chi connectivity index (χ1n) is 4.50. The third-order valence-electron chi connectivity index (χ3n) is 2.03. The van der Waals surface area contributed by atoms with E-state index in [1.165, 1.54) is 15.1 Å². The van der Waals surface area contributed by atoms with Gasteiger partial charge in [-0.25, -0.2) is 0 Å². The van der Waals surface area contributed by atoms with Crippen LogP contribution in [0.1, 0.15) is 5.56 Å². The predicted octanol–water partition coefficient (Wildman–Crippen LogP) is 3.71. The smallest absolute Gasteiger partial charge is 0.0130 e. The molecule has 0 heterocycles. The highest BCUT2D eigenvalue weighted by Crippen LogP contribution is 2.24. The van der Waals surface area contributed by atoms with E-state index in [0.717, 1.165) is 0 Å². The molecule has 0 aromatic heterocycles. The summed E-state index contributed by atoms with van der Waals surface area (Å²) in [7, 11) is 0. The zero-order valence-electron chi connectivity index (χ0n) is 7.65. The van der Waals surface area contributed by atoms with Crippen molar-refractivity contribution in [3.05, 3.63) is 71.1 Å². The van der Waals surface area contributed by atoms with E-state index in [1.807, 2.05) is 12.8 Å². The van der Waals surface area contributed by atoms with Crippen molar-refractivity contribution in [2.24, 2.45) is 0 Å². The number of benzene rings is 1. The molecule has 0 N–H and O–H groups in total. The van der Waals surface area contributed by atoms with E-state index in [0.29, 0.717) is 0 Å². The molecule has 1 aliphatic carbocycles. The van der Waals surface area contributed by atoms with Crippen LogP contribution in [0, 0.1) is 35.2 Å². The van der Waals surface area contributed by atoms with Crippen LogP contribution >= 0.6 is 22.6 Å². The van der Waals surface area contributed by atoms with E-state index in [4.69, 9.17) is 0 Å². The Hall–Kier alpha value is -0.310. The van der Waals surface area contributed by atoms with Gasteiger partial charge in [0.25, 0.3) is 0 Å². The van der Waals surface area contributed by atoms with E-state index in [-0.39, 0.29) is 0 Å². The lowest BCUT2D eigenvalue weighted by Gasteiger charge is -1.98. The topological polar surface area (TPSA) is 0 Å². The molecule has 0 atom stereocenters. The van der Waals surface area contributed by atoms with Gasteiger partial charge in [-0.3, -0.25) is 0 Å². The molecule has 1 aliphatic rings. The summed E-state index contributed by atoms with van der Waals surface area (Å²) in [5.41, 5.74) is 1.24. The Kier molecular flexibility index (Phi) is 3.62. The van der Waals surface area contributed by atoms with Crippen molar-refractivity contribution < 1.29 is 0 Å². The second-order valence-electron chi connectivity index (χ2n) is 3.10. The Morgan fingerprint density at radius 3 is 2.14 bits per heavy atom. The summed E-state index contributed by atoms with van der Waals surface area (Å²) in [5.74, 6) is 1.25. The molecule has 0 amide bonds. The second-order valence-corrected chi connectivity index (χ2v) is 4.35. The van der Waals surface area contributed by atoms with Crippen molar-refractivity contribution >= 4 is 28.7 Å². The highest BCUT2D eigenvalue weighted by atomic mass is 127. The number of allylic oxidation sites excluding steroid dienone is 1. The van der Waals surface area contributed by atoms with Gasteiger partial charge in [-0.15, -0.1) is 0 Å². The van der Waals surface area contributed by atoms with Gasteiger partial charge in [0.2, 0.25) is 0 Å². The largest absolute Gasteiger partial charge is 0.0762 e. The van der Waals surface area contributed by atoms with Gasteiger partial charge in [-0.1, -0.05) is 24.3 Å². The molecule has 0 aliphatic heterocycles. The molecule has 0 unspecified atom stereocenters. The lowest BCUT2D eigenvalue weighted by atomic mass is 10.1. The predicted molar refractivity (Wildman–Crippen MR) is 68.6 cm³/mol. The zero-order chi connectivity index (χ0) is 9.80. The first-order chi connectivity index (χ1) is 6.84. The monoisotopic (exact) mass is 293 g/mol. The Morgan fingerprint density at radius 1 is 0.857 bits per heavy atom. The minimum absolute atomic E-state index is 1.24. The van der Waals surface area contributed by atoms with Gasteiger partial charge in [0.1, 0.15) is 0 Å². The minimum atomic E-state index is 1.24. The van der Waals surface area contributed by atoms with Gasteiger partial charge >= 0.3 is 0 Å². The summed E-state index contributed by atoms with van der Waals surface area (Å²) in [4.78, 5) is 0. The average Bonchev–Trinajstić information content (AvgIpc) is 2.70. The summed E-state index contributed by atoms with van der Waals surface area (Å²) < 4.78 is 1.27. The lowest BCUT2D eigenvalue weighted by molar-refractivity contribution is 1.39.